The number of rotatable bonds is 8. The van der Waals surface area contributed by atoms with Crippen molar-refractivity contribution in [2.75, 3.05) is 25.5 Å². The summed E-state index contributed by atoms with van der Waals surface area (Å²) in [4.78, 5) is 24.8. The normalized spacial score (nSPS) is 10.6. The lowest BCUT2D eigenvalue weighted by Crippen LogP contribution is -2.30. The van der Waals surface area contributed by atoms with Gasteiger partial charge in [0.25, 0.3) is 5.69 Å². The number of para-hydroxylation sites is 1. The van der Waals surface area contributed by atoms with Crippen LogP contribution in [0, 0.1) is 17.0 Å². The molecule has 0 aliphatic rings. The summed E-state index contributed by atoms with van der Waals surface area (Å²) in [5.74, 6) is 0.513. The average Bonchev–Trinajstić information content (AvgIpc) is 2.58. The third kappa shape index (κ3) is 5.29. The van der Waals surface area contributed by atoms with Gasteiger partial charge in [0.05, 0.1) is 18.1 Å². The molecule has 2 aromatic rings. The molecular weight excluding hydrogens is 334 g/mol. The second-order valence-corrected chi connectivity index (χ2v) is 6.02. The van der Waals surface area contributed by atoms with Crippen molar-refractivity contribution in [3.8, 4) is 5.75 Å². The minimum Gasteiger partial charge on any atom is -0.494 e. The van der Waals surface area contributed by atoms with Crippen LogP contribution in [-0.2, 0) is 11.3 Å². The minimum absolute atomic E-state index is 0.104. The number of ether oxygens (including phenoxy) is 1. The van der Waals surface area contributed by atoms with E-state index in [-0.39, 0.29) is 23.8 Å². The molecule has 0 spiro atoms. The number of amides is 1. The average molecular weight is 357 g/mol. The molecular formula is C19H23N3O4. The summed E-state index contributed by atoms with van der Waals surface area (Å²) in [6.07, 6.45) is 0. The molecule has 26 heavy (non-hydrogen) atoms. The molecule has 1 amide bonds. The van der Waals surface area contributed by atoms with Gasteiger partial charge in [-0.2, -0.15) is 0 Å². The molecule has 0 atom stereocenters. The number of hydrogen-bond donors (Lipinski definition) is 1. The van der Waals surface area contributed by atoms with Crippen LogP contribution in [0.1, 0.15) is 18.1 Å². The number of nitrogens with zero attached hydrogens (tertiary/aromatic N) is 2. The molecule has 0 fully saturated rings. The molecule has 0 saturated carbocycles. The van der Waals surface area contributed by atoms with Gasteiger partial charge in [-0.3, -0.25) is 19.8 Å². The SMILES string of the molecule is CCOc1ccc(CN(C)CC(=O)Nc2c(C)cccc2[N+](=O)[O-])cc1. The highest BCUT2D eigenvalue weighted by atomic mass is 16.6. The van der Waals surface area contributed by atoms with Crippen LogP contribution in [-0.4, -0.2) is 35.9 Å². The number of anilines is 1. The first-order valence-electron chi connectivity index (χ1n) is 8.34. The maximum atomic E-state index is 12.3. The Morgan fingerprint density at radius 3 is 2.54 bits per heavy atom. The van der Waals surface area contributed by atoms with E-state index in [0.29, 0.717) is 18.7 Å². The molecule has 7 nitrogen and oxygen atoms in total. The van der Waals surface area contributed by atoms with Crippen molar-refractivity contribution in [2.24, 2.45) is 0 Å². The van der Waals surface area contributed by atoms with Crippen LogP contribution in [0.25, 0.3) is 0 Å². The molecule has 1 N–H and O–H groups in total. The van der Waals surface area contributed by atoms with Gasteiger partial charge in [-0.1, -0.05) is 24.3 Å². The van der Waals surface area contributed by atoms with Crippen LogP contribution >= 0.6 is 0 Å². The fourth-order valence-electron chi connectivity index (χ4n) is 2.62. The highest BCUT2D eigenvalue weighted by molar-refractivity contribution is 5.95. The first kappa shape index (κ1) is 19.4. The standard InChI is InChI=1S/C19H23N3O4/c1-4-26-16-10-8-15(9-11-16)12-21(3)13-18(23)20-19-14(2)6-5-7-17(19)22(24)25/h5-11H,4,12-13H2,1-3H3,(H,20,23). The van der Waals surface area contributed by atoms with Gasteiger partial charge in [-0.05, 0) is 44.2 Å². The number of benzene rings is 2. The Balaban J connectivity index is 1.96. The Bertz CT molecular complexity index is 775. The molecule has 0 heterocycles. The Morgan fingerprint density at radius 2 is 1.92 bits per heavy atom. The molecule has 0 radical (unpaired) electrons. The predicted molar refractivity (Wildman–Crippen MR) is 100 cm³/mol. The van der Waals surface area contributed by atoms with Gasteiger partial charge < -0.3 is 10.1 Å². The van der Waals surface area contributed by atoms with E-state index in [0.717, 1.165) is 11.3 Å². The highest BCUT2D eigenvalue weighted by Crippen LogP contribution is 2.27. The van der Waals surface area contributed by atoms with Crippen molar-refractivity contribution in [3.63, 3.8) is 0 Å². The van der Waals surface area contributed by atoms with E-state index >= 15 is 0 Å². The second-order valence-electron chi connectivity index (χ2n) is 6.02. The summed E-state index contributed by atoms with van der Waals surface area (Å²) in [7, 11) is 1.82. The van der Waals surface area contributed by atoms with E-state index in [2.05, 4.69) is 5.32 Å². The van der Waals surface area contributed by atoms with Gasteiger partial charge in [0.2, 0.25) is 5.91 Å². The molecule has 0 bridgehead atoms. The number of nitro benzene ring substituents is 1. The van der Waals surface area contributed by atoms with Crippen LogP contribution < -0.4 is 10.1 Å². The zero-order chi connectivity index (χ0) is 19.1. The fraction of sp³-hybridized carbons (Fsp3) is 0.316. The summed E-state index contributed by atoms with van der Waals surface area (Å²) in [6, 6.07) is 12.4. The molecule has 0 unspecified atom stereocenters. The third-order valence-electron chi connectivity index (χ3n) is 3.81. The van der Waals surface area contributed by atoms with E-state index in [1.807, 2.05) is 43.1 Å². The highest BCUT2D eigenvalue weighted by Gasteiger charge is 2.18. The van der Waals surface area contributed by atoms with Gasteiger partial charge in [0, 0.05) is 12.6 Å². The lowest BCUT2D eigenvalue weighted by atomic mass is 10.1. The van der Waals surface area contributed by atoms with E-state index in [9.17, 15) is 14.9 Å². The quantitative estimate of drug-likeness (QED) is 0.578. The van der Waals surface area contributed by atoms with Crippen LogP contribution in [0.4, 0.5) is 11.4 Å². The maximum absolute atomic E-state index is 12.3. The van der Waals surface area contributed by atoms with Crippen molar-refractivity contribution in [1.29, 1.82) is 0 Å². The summed E-state index contributed by atoms with van der Waals surface area (Å²) in [6.45, 7) is 4.98. The van der Waals surface area contributed by atoms with Gasteiger partial charge in [0.15, 0.2) is 0 Å². The van der Waals surface area contributed by atoms with E-state index in [4.69, 9.17) is 4.74 Å². The molecule has 138 valence electrons. The molecule has 0 aliphatic heterocycles. The number of aryl methyl sites for hydroxylation is 1. The van der Waals surface area contributed by atoms with E-state index in [1.54, 1.807) is 19.1 Å². The third-order valence-corrected chi connectivity index (χ3v) is 3.81. The molecule has 7 heteroatoms. The number of nitro groups is 1. The van der Waals surface area contributed by atoms with E-state index in [1.165, 1.54) is 6.07 Å². The summed E-state index contributed by atoms with van der Waals surface area (Å²) < 4.78 is 5.41. The summed E-state index contributed by atoms with van der Waals surface area (Å²) in [5, 5.41) is 13.8. The number of likely N-dealkylation sites (N-methyl/N-ethyl adjacent to an activating group) is 1. The largest absolute Gasteiger partial charge is 0.494 e. The van der Waals surface area contributed by atoms with Crippen molar-refractivity contribution >= 4 is 17.3 Å². The zero-order valence-corrected chi connectivity index (χ0v) is 15.2. The molecule has 0 aliphatic carbocycles. The molecule has 0 saturated heterocycles. The van der Waals surface area contributed by atoms with Crippen molar-refractivity contribution < 1.29 is 14.5 Å². The molecule has 0 aromatic heterocycles. The van der Waals surface area contributed by atoms with Gasteiger partial charge >= 0.3 is 0 Å². The second kappa shape index (κ2) is 8.96. The Hall–Kier alpha value is -2.93. The van der Waals surface area contributed by atoms with Gasteiger partial charge in [-0.15, -0.1) is 0 Å². The minimum atomic E-state index is -0.494. The van der Waals surface area contributed by atoms with Gasteiger partial charge in [-0.25, -0.2) is 0 Å². The molecule has 2 rings (SSSR count). The molecule has 2 aromatic carbocycles. The number of carbonyl (C=O) groups excluding carboxylic acids is 1. The van der Waals surface area contributed by atoms with Gasteiger partial charge in [0.1, 0.15) is 11.4 Å². The zero-order valence-electron chi connectivity index (χ0n) is 15.2. The van der Waals surface area contributed by atoms with Crippen LogP contribution in [0.2, 0.25) is 0 Å². The number of hydrogen-bond acceptors (Lipinski definition) is 5. The Labute approximate surface area is 152 Å². The van der Waals surface area contributed by atoms with Crippen LogP contribution in [0.15, 0.2) is 42.5 Å². The van der Waals surface area contributed by atoms with Crippen LogP contribution in [0.5, 0.6) is 5.75 Å². The lowest BCUT2D eigenvalue weighted by molar-refractivity contribution is -0.384. The smallest absolute Gasteiger partial charge is 0.293 e. The van der Waals surface area contributed by atoms with Crippen molar-refractivity contribution in [3.05, 3.63) is 63.7 Å². The number of nitrogens with one attached hydrogen (secondary N) is 1. The van der Waals surface area contributed by atoms with Crippen LogP contribution in [0.3, 0.4) is 0 Å². The fourth-order valence-corrected chi connectivity index (χ4v) is 2.62. The first-order chi connectivity index (χ1) is 12.4. The predicted octanol–water partition coefficient (Wildman–Crippen LogP) is 3.37. The Kier molecular flexibility index (Phi) is 6.68. The monoisotopic (exact) mass is 357 g/mol. The topological polar surface area (TPSA) is 84.7 Å². The van der Waals surface area contributed by atoms with Crippen molar-refractivity contribution in [2.45, 2.75) is 20.4 Å². The lowest BCUT2D eigenvalue weighted by Gasteiger charge is -2.17. The maximum Gasteiger partial charge on any atom is 0.293 e. The van der Waals surface area contributed by atoms with E-state index < -0.39 is 4.92 Å². The first-order valence-corrected chi connectivity index (χ1v) is 8.34. The summed E-state index contributed by atoms with van der Waals surface area (Å²) >= 11 is 0. The Morgan fingerprint density at radius 1 is 1.23 bits per heavy atom. The van der Waals surface area contributed by atoms with Crippen molar-refractivity contribution in [1.82, 2.24) is 4.90 Å². The number of carbonyl (C=O) groups is 1. The summed E-state index contributed by atoms with van der Waals surface area (Å²) in [5.41, 5.74) is 1.84.